The predicted molar refractivity (Wildman–Crippen MR) is 95.2 cm³/mol. The van der Waals surface area contributed by atoms with Crippen LogP contribution < -0.4 is 4.74 Å². The van der Waals surface area contributed by atoms with Crippen LogP contribution in [0.1, 0.15) is 23.7 Å². The molecule has 0 saturated carbocycles. The Morgan fingerprint density at radius 3 is 2.30 bits per heavy atom. The highest BCUT2D eigenvalue weighted by molar-refractivity contribution is 6.71. The van der Waals surface area contributed by atoms with Crippen LogP contribution >= 0.6 is 23.2 Å². The number of benzene rings is 1. The first-order chi connectivity index (χ1) is 10.6. The van der Waals surface area contributed by atoms with Crippen LogP contribution in [0.15, 0.2) is 24.3 Å². The van der Waals surface area contributed by atoms with Crippen LogP contribution in [-0.2, 0) is 9.22 Å². The maximum absolute atomic E-state index is 12.1. The van der Waals surface area contributed by atoms with Crippen molar-refractivity contribution in [3.05, 3.63) is 39.9 Å². The third kappa shape index (κ3) is 5.68. The van der Waals surface area contributed by atoms with Gasteiger partial charge in [-0.25, -0.2) is 4.79 Å². The van der Waals surface area contributed by atoms with E-state index in [1.54, 1.807) is 0 Å². The summed E-state index contributed by atoms with van der Waals surface area (Å²) >= 11 is 12.3. The molecule has 0 saturated heterocycles. The fourth-order valence-electron chi connectivity index (χ4n) is 1.68. The van der Waals surface area contributed by atoms with Gasteiger partial charge in [-0.05, 0) is 43.8 Å². The Kier molecular flexibility index (Phi) is 6.86. The summed E-state index contributed by atoms with van der Waals surface area (Å²) in [5.41, 5.74) is 0.705. The molecule has 23 heavy (non-hydrogen) atoms. The second-order valence-corrected chi connectivity index (χ2v) is 11.1. The monoisotopic (exact) mass is 374 g/mol. The van der Waals surface area contributed by atoms with Gasteiger partial charge in [0.25, 0.3) is 0 Å². The summed E-state index contributed by atoms with van der Waals surface area (Å²) in [5, 5.41) is 0.171. The van der Waals surface area contributed by atoms with E-state index in [-0.39, 0.29) is 33.7 Å². The molecule has 0 atom stereocenters. The molecule has 0 amide bonds. The Labute approximate surface area is 147 Å². The second kappa shape index (κ2) is 7.99. The Morgan fingerprint density at radius 2 is 1.78 bits per heavy atom. The number of carbonyl (C=O) groups excluding carboxylic acids is 2. The standard InChI is InChI=1S/C16H20Cl2O4Si/c1-6-10(2)16(20)11-7-8-12(15(18)14(11)17)21-9-13(19)22-23(3,4)5/h7-8H,2,6,9H2,1,3-5H3. The number of ketones is 1. The van der Waals surface area contributed by atoms with Gasteiger partial charge in [0.1, 0.15) is 10.8 Å². The third-order valence-corrected chi connectivity index (χ3v) is 4.51. The zero-order chi connectivity index (χ0) is 17.8. The average molecular weight is 375 g/mol. The maximum Gasteiger partial charge on any atom is 0.330 e. The molecule has 0 radical (unpaired) electrons. The smallest absolute Gasteiger partial charge is 0.330 e. The minimum atomic E-state index is -1.97. The van der Waals surface area contributed by atoms with Crippen molar-refractivity contribution in [2.45, 2.75) is 33.0 Å². The van der Waals surface area contributed by atoms with Gasteiger partial charge < -0.3 is 9.16 Å². The molecule has 4 nitrogen and oxygen atoms in total. The van der Waals surface area contributed by atoms with Gasteiger partial charge in [0, 0.05) is 5.56 Å². The Bertz CT molecular complexity index is 636. The number of carbonyl (C=O) groups is 2. The first-order valence-corrected chi connectivity index (χ1v) is 11.3. The lowest BCUT2D eigenvalue weighted by Gasteiger charge is -2.18. The predicted octanol–water partition coefficient (Wildman–Crippen LogP) is 4.90. The summed E-state index contributed by atoms with van der Waals surface area (Å²) in [5.74, 6) is -0.497. The van der Waals surface area contributed by atoms with Gasteiger partial charge >= 0.3 is 5.97 Å². The number of ether oxygens (including phenoxy) is 1. The van der Waals surface area contributed by atoms with Crippen molar-refractivity contribution >= 4 is 43.3 Å². The van der Waals surface area contributed by atoms with Crippen molar-refractivity contribution in [2.75, 3.05) is 6.61 Å². The topological polar surface area (TPSA) is 52.6 Å². The molecule has 0 aromatic heterocycles. The molecule has 7 heteroatoms. The molecule has 0 spiro atoms. The number of rotatable bonds is 7. The van der Waals surface area contributed by atoms with Crippen molar-refractivity contribution < 1.29 is 18.8 Å². The van der Waals surface area contributed by atoms with E-state index in [4.69, 9.17) is 32.4 Å². The van der Waals surface area contributed by atoms with Crippen LogP contribution in [0.5, 0.6) is 5.75 Å². The molecule has 0 fully saturated rings. The Hall–Kier alpha value is -1.30. The lowest BCUT2D eigenvalue weighted by atomic mass is 10.0. The van der Waals surface area contributed by atoms with Crippen molar-refractivity contribution in [1.29, 1.82) is 0 Å². The number of Topliss-reactive ketones (excluding diaryl/α,β-unsaturated/α-hetero) is 1. The second-order valence-electron chi connectivity index (χ2n) is 5.90. The van der Waals surface area contributed by atoms with Crippen molar-refractivity contribution in [1.82, 2.24) is 0 Å². The van der Waals surface area contributed by atoms with E-state index < -0.39 is 14.3 Å². The van der Waals surface area contributed by atoms with E-state index in [0.29, 0.717) is 12.0 Å². The zero-order valence-corrected chi connectivity index (χ0v) is 16.2. The minimum absolute atomic E-state index is 0.0854. The first kappa shape index (κ1) is 19.7. The van der Waals surface area contributed by atoms with E-state index in [0.717, 1.165) is 0 Å². The zero-order valence-electron chi connectivity index (χ0n) is 13.7. The van der Waals surface area contributed by atoms with Crippen LogP contribution in [0.4, 0.5) is 0 Å². The summed E-state index contributed by atoms with van der Waals surface area (Å²) in [6.07, 6.45) is 0.521. The first-order valence-electron chi connectivity index (χ1n) is 7.12. The molecule has 0 bridgehead atoms. The summed E-state index contributed by atoms with van der Waals surface area (Å²) < 4.78 is 10.6. The lowest BCUT2D eigenvalue weighted by Crippen LogP contribution is -2.31. The molecular weight excluding hydrogens is 355 g/mol. The molecule has 1 aromatic carbocycles. The van der Waals surface area contributed by atoms with E-state index in [9.17, 15) is 9.59 Å². The quantitative estimate of drug-likeness (QED) is 0.386. The van der Waals surface area contributed by atoms with Gasteiger partial charge in [0.05, 0.1) is 5.02 Å². The molecule has 0 aliphatic rings. The van der Waals surface area contributed by atoms with Gasteiger partial charge in [-0.2, -0.15) is 0 Å². The fourth-order valence-corrected chi connectivity index (χ4v) is 2.88. The van der Waals surface area contributed by atoms with Crippen LogP contribution in [0.2, 0.25) is 29.7 Å². The average Bonchev–Trinajstić information content (AvgIpc) is 2.45. The van der Waals surface area contributed by atoms with Crippen LogP contribution in [0.25, 0.3) is 0 Å². The molecule has 1 aromatic rings. The summed E-state index contributed by atoms with van der Waals surface area (Å²) in [7, 11) is -1.97. The van der Waals surface area contributed by atoms with Gasteiger partial charge in [0.2, 0.25) is 8.32 Å². The molecule has 0 aliphatic carbocycles. The third-order valence-electron chi connectivity index (χ3n) is 2.80. The van der Waals surface area contributed by atoms with E-state index in [2.05, 4.69) is 6.58 Å². The van der Waals surface area contributed by atoms with Crippen LogP contribution in [-0.4, -0.2) is 26.7 Å². The Balaban J connectivity index is 2.88. The number of hydrogen-bond donors (Lipinski definition) is 0. The number of allylic oxidation sites excluding steroid dienone is 1. The fraction of sp³-hybridized carbons (Fsp3) is 0.375. The molecule has 0 heterocycles. The largest absolute Gasteiger partial charge is 0.517 e. The lowest BCUT2D eigenvalue weighted by molar-refractivity contribution is -0.137. The maximum atomic E-state index is 12.1. The molecule has 0 unspecified atom stereocenters. The van der Waals surface area contributed by atoms with Gasteiger partial charge in [-0.15, -0.1) is 0 Å². The van der Waals surface area contributed by atoms with Gasteiger partial charge in [-0.1, -0.05) is 36.7 Å². The van der Waals surface area contributed by atoms with Crippen molar-refractivity contribution in [3.63, 3.8) is 0 Å². The van der Waals surface area contributed by atoms with Gasteiger partial charge in [0.15, 0.2) is 12.4 Å². The molecule has 0 aliphatic heterocycles. The Morgan fingerprint density at radius 1 is 1.17 bits per heavy atom. The van der Waals surface area contributed by atoms with Crippen LogP contribution in [0, 0.1) is 0 Å². The normalized spacial score (nSPS) is 11.0. The van der Waals surface area contributed by atoms with Crippen LogP contribution in [0.3, 0.4) is 0 Å². The van der Waals surface area contributed by atoms with E-state index in [1.165, 1.54) is 12.1 Å². The summed E-state index contributed by atoms with van der Waals surface area (Å²) in [6.45, 7) is 11.0. The highest BCUT2D eigenvalue weighted by Gasteiger charge is 2.22. The minimum Gasteiger partial charge on any atom is -0.517 e. The number of halogens is 2. The van der Waals surface area contributed by atoms with Gasteiger partial charge in [-0.3, -0.25) is 4.79 Å². The van der Waals surface area contributed by atoms with Crippen molar-refractivity contribution in [3.8, 4) is 5.75 Å². The highest BCUT2D eigenvalue weighted by atomic mass is 35.5. The summed E-state index contributed by atoms with van der Waals surface area (Å²) in [4.78, 5) is 23.8. The molecule has 126 valence electrons. The van der Waals surface area contributed by atoms with E-state index in [1.807, 2.05) is 26.6 Å². The molecular formula is C16H20Cl2O4Si. The summed E-state index contributed by atoms with van der Waals surface area (Å²) in [6, 6.07) is 3.02. The van der Waals surface area contributed by atoms with Crippen molar-refractivity contribution in [2.24, 2.45) is 0 Å². The number of hydrogen-bond acceptors (Lipinski definition) is 4. The highest BCUT2D eigenvalue weighted by Crippen LogP contribution is 2.35. The van der Waals surface area contributed by atoms with E-state index >= 15 is 0 Å². The SMILES string of the molecule is C=C(CC)C(=O)c1ccc(OCC(=O)O[Si](C)(C)C)c(Cl)c1Cl. The molecule has 0 N–H and O–H groups in total. The molecule has 1 rings (SSSR count).